The molecule has 0 radical (unpaired) electrons. The molecule has 0 saturated carbocycles. The summed E-state index contributed by atoms with van der Waals surface area (Å²) in [4.78, 5) is 23.7. The quantitative estimate of drug-likeness (QED) is 0.668. The maximum atomic E-state index is 11.8. The van der Waals surface area contributed by atoms with E-state index < -0.39 is 5.97 Å². The summed E-state index contributed by atoms with van der Waals surface area (Å²) in [5.41, 5.74) is 0. The Morgan fingerprint density at radius 2 is 2.06 bits per heavy atom. The molecular weight excluding hydrogens is 220 g/mol. The van der Waals surface area contributed by atoms with Crippen molar-refractivity contribution in [2.75, 3.05) is 13.1 Å². The fourth-order valence-electron chi connectivity index (χ4n) is 1.53. The molecule has 2 amide bonds. The molecule has 1 unspecified atom stereocenters. The van der Waals surface area contributed by atoms with Crippen LogP contribution in [0.4, 0.5) is 4.79 Å². The number of nitrogens with one attached hydrogen (secondary N) is 1. The van der Waals surface area contributed by atoms with Crippen molar-refractivity contribution >= 4 is 12.0 Å². The SMILES string of the molecule is C=CCN(CC(=O)O)C(=O)NC(CC)C(C)C. The molecule has 98 valence electrons. The molecule has 0 aromatic carbocycles. The minimum Gasteiger partial charge on any atom is -0.480 e. The lowest BCUT2D eigenvalue weighted by Gasteiger charge is -2.26. The summed E-state index contributed by atoms with van der Waals surface area (Å²) < 4.78 is 0. The third-order valence-corrected chi connectivity index (χ3v) is 2.52. The Morgan fingerprint density at radius 3 is 2.41 bits per heavy atom. The molecule has 0 aromatic heterocycles. The van der Waals surface area contributed by atoms with Crippen LogP contribution in [0, 0.1) is 5.92 Å². The van der Waals surface area contributed by atoms with Gasteiger partial charge in [0.2, 0.25) is 0 Å². The highest BCUT2D eigenvalue weighted by Crippen LogP contribution is 2.06. The molecule has 5 nitrogen and oxygen atoms in total. The summed E-state index contributed by atoms with van der Waals surface area (Å²) in [7, 11) is 0. The second-order valence-electron chi connectivity index (χ2n) is 4.27. The summed E-state index contributed by atoms with van der Waals surface area (Å²) in [5.74, 6) is -0.709. The lowest BCUT2D eigenvalue weighted by atomic mass is 10.0. The van der Waals surface area contributed by atoms with Crippen molar-refractivity contribution < 1.29 is 14.7 Å². The second kappa shape index (κ2) is 7.70. The Kier molecular flexibility index (Phi) is 7.02. The zero-order valence-corrected chi connectivity index (χ0v) is 10.8. The first-order chi connectivity index (χ1) is 7.92. The van der Waals surface area contributed by atoms with E-state index in [1.165, 1.54) is 11.0 Å². The predicted octanol–water partition coefficient (Wildman–Crippen LogP) is 1.70. The van der Waals surface area contributed by atoms with E-state index in [4.69, 9.17) is 5.11 Å². The van der Waals surface area contributed by atoms with Gasteiger partial charge in [-0.2, -0.15) is 0 Å². The summed E-state index contributed by atoms with van der Waals surface area (Å²) in [6, 6.07) is -0.295. The normalized spacial score (nSPS) is 12.0. The molecule has 2 N–H and O–H groups in total. The zero-order chi connectivity index (χ0) is 13.4. The van der Waals surface area contributed by atoms with Crippen molar-refractivity contribution in [2.45, 2.75) is 33.2 Å². The van der Waals surface area contributed by atoms with Gasteiger partial charge in [0.25, 0.3) is 0 Å². The van der Waals surface area contributed by atoms with Gasteiger partial charge in [-0.3, -0.25) is 4.79 Å². The number of amides is 2. The average Bonchev–Trinajstić information content (AvgIpc) is 2.23. The van der Waals surface area contributed by atoms with Gasteiger partial charge in [-0.05, 0) is 12.3 Å². The second-order valence-corrected chi connectivity index (χ2v) is 4.27. The number of hydrogen-bond donors (Lipinski definition) is 2. The fourth-order valence-corrected chi connectivity index (χ4v) is 1.53. The van der Waals surface area contributed by atoms with Crippen molar-refractivity contribution in [3.63, 3.8) is 0 Å². The standard InChI is InChI=1S/C12H22N2O3/c1-5-7-14(8-11(15)16)12(17)13-10(6-2)9(3)4/h5,9-10H,1,6-8H2,2-4H3,(H,13,17)(H,15,16). The first kappa shape index (κ1) is 15.5. The topological polar surface area (TPSA) is 69.6 Å². The Bertz CT molecular complexity index is 277. The number of carbonyl (C=O) groups is 2. The fraction of sp³-hybridized carbons (Fsp3) is 0.667. The molecule has 0 spiro atoms. The average molecular weight is 242 g/mol. The summed E-state index contributed by atoms with van der Waals surface area (Å²) in [5, 5.41) is 11.5. The first-order valence-electron chi connectivity index (χ1n) is 5.80. The monoisotopic (exact) mass is 242 g/mol. The van der Waals surface area contributed by atoms with Gasteiger partial charge < -0.3 is 15.3 Å². The Hall–Kier alpha value is -1.52. The van der Waals surface area contributed by atoms with Gasteiger partial charge in [0, 0.05) is 12.6 Å². The molecule has 0 fully saturated rings. The van der Waals surface area contributed by atoms with E-state index in [1.54, 1.807) is 0 Å². The van der Waals surface area contributed by atoms with Gasteiger partial charge in [0.15, 0.2) is 0 Å². The maximum Gasteiger partial charge on any atom is 0.323 e. The number of carbonyl (C=O) groups excluding carboxylic acids is 1. The van der Waals surface area contributed by atoms with Crippen molar-refractivity contribution in [1.82, 2.24) is 10.2 Å². The van der Waals surface area contributed by atoms with Gasteiger partial charge in [-0.1, -0.05) is 26.8 Å². The van der Waals surface area contributed by atoms with E-state index in [9.17, 15) is 9.59 Å². The molecule has 1 atom stereocenters. The predicted molar refractivity (Wildman–Crippen MR) is 66.9 cm³/mol. The van der Waals surface area contributed by atoms with Crippen LogP contribution >= 0.6 is 0 Å². The molecular formula is C12H22N2O3. The smallest absolute Gasteiger partial charge is 0.323 e. The molecule has 0 bridgehead atoms. The largest absolute Gasteiger partial charge is 0.480 e. The van der Waals surface area contributed by atoms with Crippen molar-refractivity contribution in [3.8, 4) is 0 Å². The van der Waals surface area contributed by atoms with Gasteiger partial charge in [0.1, 0.15) is 6.54 Å². The zero-order valence-electron chi connectivity index (χ0n) is 10.8. The van der Waals surface area contributed by atoms with Crippen LogP contribution in [0.25, 0.3) is 0 Å². The first-order valence-corrected chi connectivity index (χ1v) is 5.80. The van der Waals surface area contributed by atoms with Gasteiger partial charge in [0.05, 0.1) is 0 Å². The number of carboxylic acids is 1. The lowest BCUT2D eigenvalue weighted by Crippen LogP contribution is -2.48. The van der Waals surface area contributed by atoms with E-state index in [1.807, 2.05) is 20.8 Å². The van der Waals surface area contributed by atoms with E-state index in [2.05, 4.69) is 11.9 Å². The van der Waals surface area contributed by atoms with Gasteiger partial charge in [-0.25, -0.2) is 4.79 Å². The molecule has 5 heteroatoms. The van der Waals surface area contributed by atoms with Crippen LogP contribution in [0.5, 0.6) is 0 Å². The number of nitrogens with zero attached hydrogens (tertiary/aromatic N) is 1. The summed E-state index contributed by atoms with van der Waals surface area (Å²) >= 11 is 0. The minimum atomic E-state index is -1.03. The molecule has 17 heavy (non-hydrogen) atoms. The van der Waals surface area contributed by atoms with E-state index in [0.29, 0.717) is 5.92 Å². The van der Waals surface area contributed by atoms with Crippen LogP contribution in [0.3, 0.4) is 0 Å². The molecule has 0 aliphatic heterocycles. The summed E-state index contributed by atoms with van der Waals surface area (Å²) in [6.07, 6.45) is 2.33. The van der Waals surface area contributed by atoms with Gasteiger partial charge in [-0.15, -0.1) is 6.58 Å². The van der Waals surface area contributed by atoms with Crippen LogP contribution in [0.2, 0.25) is 0 Å². The summed E-state index contributed by atoms with van der Waals surface area (Å²) in [6.45, 7) is 9.45. The molecule has 0 aliphatic carbocycles. The molecule has 0 aromatic rings. The van der Waals surface area contributed by atoms with Crippen LogP contribution in [-0.2, 0) is 4.79 Å². The number of urea groups is 1. The number of rotatable bonds is 7. The van der Waals surface area contributed by atoms with Crippen molar-refractivity contribution in [3.05, 3.63) is 12.7 Å². The van der Waals surface area contributed by atoms with E-state index in [-0.39, 0.29) is 25.2 Å². The molecule has 0 rings (SSSR count). The number of hydrogen-bond acceptors (Lipinski definition) is 2. The Morgan fingerprint density at radius 1 is 1.47 bits per heavy atom. The van der Waals surface area contributed by atoms with Crippen LogP contribution in [0.15, 0.2) is 12.7 Å². The van der Waals surface area contributed by atoms with E-state index in [0.717, 1.165) is 6.42 Å². The number of aliphatic carboxylic acids is 1. The molecule has 0 saturated heterocycles. The van der Waals surface area contributed by atoms with Crippen LogP contribution < -0.4 is 5.32 Å². The highest BCUT2D eigenvalue weighted by Gasteiger charge is 2.19. The van der Waals surface area contributed by atoms with Gasteiger partial charge >= 0.3 is 12.0 Å². The minimum absolute atomic E-state index is 0.0589. The third-order valence-electron chi connectivity index (χ3n) is 2.52. The van der Waals surface area contributed by atoms with Crippen molar-refractivity contribution in [2.24, 2.45) is 5.92 Å². The lowest BCUT2D eigenvalue weighted by molar-refractivity contribution is -0.137. The highest BCUT2D eigenvalue weighted by atomic mass is 16.4. The third kappa shape index (κ3) is 5.94. The number of carboxylic acid groups (broad SMARTS) is 1. The van der Waals surface area contributed by atoms with E-state index >= 15 is 0 Å². The maximum absolute atomic E-state index is 11.8. The Labute approximate surface area is 102 Å². The molecule has 0 aliphatic rings. The Balaban J connectivity index is 4.49. The van der Waals surface area contributed by atoms with Crippen LogP contribution in [-0.4, -0.2) is 41.1 Å². The van der Waals surface area contributed by atoms with Crippen LogP contribution in [0.1, 0.15) is 27.2 Å². The highest BCUT2D eigenvalue weighted by molar-refractivity contribution is 5.80. The molecule has 0 heterocycles. The van der Waals surface area contributed by atoms with Crippen molar-refractivity contribution in [1.29, 1.82) is 0 Å².